The highest BCUT2D eigenvalue weighted by Gasteiger charge is 2.14. The molecule has 0 aliphatic heterocycles. The Morgan fingerprint density at radius 1 is 1.10 bits per heavy atom. The molecule has 10 heteroatoms. The molecule has 0 unspecified atom stereocenters. The summed E-state index contributed by atoms with van der Waals surface area (Å²) in [7, 11) is 0. The van der Waals surface area contributed by atoms with E-state index in [0.717, 1.165) is 9.08 Å². The highest BCUT2D eigenvalue weighted by Crippen LogP contribution is 2.15. The van der Waals surface area contributed by atoms with Gasteiger partial charge in [0.2, 0.25) is 5.65 Å². The lowest BCUT2D eigenvalue weighted by atomic mass is 10.2. The summed E-state index contributed by atoms with van der Waals surface area (Å²) in [5, 5.41) is 15.1. The summed E-state index contributed by atoms with van der Waals surface area (Å²) in [5.41, 5.74) is 0.0427. The zero-order chi connectivity index (χ0) is 21.3. The number of hydrogen-bond acceptors (Lipinski definition) is 6. The minimum absolute atomic E-state index is 0.00465. The van der Waals surface area contributed by atoms with E-state index < -0.39 is 16.2 Å². The zero-order valence-electron chi connectivity index (χ0n) is 16.0. The predicted octanol–water partition coefficient (Wildman–Crippen LogP) is 2.00. The highest BCUT2D eigenvalue weighted by atomic mass is 16.6. The van der Waals surface area contributed by atoms with Crippen LogP contribution < -0.4 is 16.0 Å². The number of aromatic nitrogens is 4. The summed E-state index contributed by atoms with van der Waals surface area (Å²) >= 11 is 0. The van der Waals surface area contributed by atoms with Crippen molar-refractivity contribution < 1.29 is 9.66 Å². The van der Waals surface area contributed by atoms with Gasteiger partial charge in [0, 0.05) is 30.2 Å². The molecule has 0 N–H and O–H groups in total. The second-order valence-electron chi connectivity index (χ2n) is 6.46. The smallest absolute Gasteiger partial charge is 0.350 e. The number of nitro groups is 1. The fraction of sp³-hybridized carbons (Fsp3) is 0.150. The van der Waals surface area contributed by atoms with Crippen LogP contribution in [0.3, 0.4) is 0 Å². The van der Waals surface area contributed by atoms with Gasteiger partial charge in [0.25, 0.3) is 5.69 Å². The van der Waals surface area contributed by atoms with Gasteiger partial charge in [-0.3, -0.25) is 19.5 Å². The molecule has 152 valence electrons. The van der Waals surface area contributed by atoms with E-state index >= 15 is 0 Å². The number of nitro benzene ring substituents is 1. The standard InChI is InChI=1S/C20H17N5O5/c1-2-30-17-8-6-15(7-9-17)22-10-11-23-18(19(22)26)21-24(20(23)27)13-14-4-3-5-16(12-14)25(28)29/h3-12H,2,13H2,1H3. The third-order valence-electron chi connectivity index (χ3n) is 4.53. The molecule has 10 nitrogen and oxygen atoms in total. The lowest BCUT2D eigenvalue weighted by Gasteiger charge is -2.07. The molecular weight excluding hydrogens is 390 g/mol. The molecule has 4 aromatic rings. The molecule has 0 aliphatic carbocycles. The Labute approximate surface area is 169 Å². The fourth-order valence-electron chi connectivity index (χ4n) is 3.13. The first-order valence-electron chi connectivity index (χ1n) is 9.15. The van der Waals surface area contributed by atoms with Gasteiger partial charge in [0.15, 0.2) is 0 Å². The molecule has 30 heavy (non-hydrogen) atoms. The number of benzene rings is 2. The normalized spacial score (nSPS) is 11.0. The molecule has 0 bridgehead atoms. The fourth-order valence-corrected chi connectivity index (χ4v) is 3.13. The number of hydrogen-bond donors (Lipinski definition) is 0. The summed E-state index contributed by atoms with van der Waals surface area (Å²) < 4.78 is 9.06. The van der Waals surface area contributed by atoms with Crippen LogP contribution in [-0.2, 0) is 6.54 Å². The molecule has 0 amide bonds. The van der Waals surface area contributed by atoms with E-state index in [9.17, 15) is 19.7 Å². The van der Waals surface area contributed by atoms with Gasteiger partial charge < -0.3 is 4.74 Å². The van der Waals surface area contributed by atoms with E-state index in [1.165, 1.54) is 35.2 Å². The minimum atomic E-state index is -0.508. The molecule has 0 saturated carbocycles. The van der Waals surface area contributed by atoms with Crippen molar-refractivity contribution in [1.29, 1.82) is 0 Å². The SMILES string of the molecule is CCOc1ccc(-n2ccn3c(=O)n(Cc4cccc([N+](=O)[O-])c4)nc3c2=O)cc1. The molecule has 0 saturated heterocycles. The predicted molar refractivity (Wildman–Crippen MR) is 108 cm³/mol. The van der Waals surface area contributed by atoms with Gasteiger partial charge in [0.1, 0.15) is 5.75 Å². The van der Waals surface area contributed by atoms with Crippen LogP contribution in [0, 0.1) is 10.1 Å². The molecule has 0 radical (unpaired) electrons. The Kier molecular flexibility index (Phi) is 4.88. The number of rotatable bonds is 6. The average molecular weight is 407 g/mol. The quantitative estimate of drug-likeness (QED) is 0.357. The van der Waals surface area contributed by atoms with Gasteiger partial charge in [-0.25, -0.2) is 13.9 Å². The van der Waals surface area contributed by atoms with Crippen molar-refractivity contribution in [2.75, 3.05) is 6.61 Å². The highest BCUT2D eigenvalue weighted by molar-refractivity contribution is 5.42. The molecule has 0 fully saturated rings. The molecule has 2 aromatic heterocycles. The van der Waals surface area contributed by atoms with Crippen LogP contribution in [0.5, 0.6) is 5.75 Å². The van der Waals surface area contributed by atoms with E-state index in [4.69, 9.17) is 4.74 Å². The van der Waals surface area contributed by atoms with E-state index in [1.54, 1.807) is 30.3 Å². The molecule has 2 aromatic carbocycles. The lowest BCUT2D eigenvalue weighted by Crippen LogP contribution is -2.24. The monoisotopic (exact) mass is 407 g/mol. The number of fused-ring (bicyclic) bond motifs is 1. The minimum Gasteiger partial charge on any atom is -0.494 e. The number of ether oxygens (including phenoxy) is 1. The zero-order valence-corrected chi connectivity index (χ0v) is 16.0. The van der Waals surface area contributed by atoms with Gasteiger partial charge >= 0.3 is 11.2 Å². The third-order valence-corrected chi connectivity index (χ3v) is 4.53. The lowest BCUT2D eigenvalue weighted by molar-refractivity contribution is -0.384. The van der Waals surface area contributed by atoms with Gasteiger partial charge in [0.05, 0.1) is 18.1 Å². The molecule has 4 rings (SSSR count). The van der Waals surface area contributed by atoms with Crippen LogP contribution in [0.15, 0.2) is 70.5 Å². The second kappa shape index (κ2) is 7.66. The maximum atomic E-state index is 12.9. The largest absolute Gasteiger partial charge is 0.494 e. The van der Waals surface area contributed by atoms with E-state index in [2.05, 4.69) is 5.10 Å². The first kappa shape index (κ1) is 19.1. The van der Waals surface area contributed by atoms with Crippen molar-refractivity contribution in [3.05, 3.63) is 97.4 Å². The van der Waals surface area contributed by atoms with Crippen molar-refractivity contribution >= 4 is 11.3 Å². The van der Waals surface area contributed by atoms with Gasteiger partial charge in [-0.15, -0.1) is 5.10 Å². The summed E-state index contributed by atoms with van der Waals surface area (Å²) in [6, 6.07) is 12.9. The van der Waals surface area contributed by atoms with E-state index in [1.807, 2.05) is 6.92 Å². The van der Waals surface area contributed by atoms with Gasteiger partial charge in [-0.2, -0.15) is 0 Å². The van der Waals surface area contributed by atoms with Crippen LogP contribution in [0.25, 0.3) is 11.3 Å². The van der Waals surface area contributed by atoms with Crippen LogP contribution in [0.2, 0.25) is 0 Å². The Morgan fingerprint density at radius 3 is 2.57 bits per heavy atom. The first-order chi connectivity index (χ1) is 14.5. The Morgan fingerprint density at radius 2 is 1.87 bits per heavy atom. The van der Waals surface area contributed by atoms with Crippen LogP contribution in [-0.4, -0.2) is 30.3 Å². The topological polar surface area (TPSA) is 114 Å². The number of non-ortho nitro benzene ring substituents is 1. The summed E-state index contributed by atoms with van der Waals surface area (Å²) in [4.78, 5) is 36.0. The van der Waals surface area contributed by atoms with E-state index in [0.29, 0.717) is 23.6 Å². The third kappa shape index (κ3) is 3.46. The van der Waals surface area contributed by atoms with Crippen LogP contribution in [0.1, 0.15) is 12.5 Å². The summed E-state index contributed by atoms with van der Waals surface area (Å²) in [6.45, 7) is 2.43. The van der Waals surface area contributed by atoms with Crippen molar-refractivity contribution in [1.82, 2.24) is 18.7 Å². The molecule has 0 atom stereocenters. The Hall–Kier alpha value is -4.21. The van der Waals surface area contributed by atoms with Gasteiger partial charge in [-0.1, -0.05) is 12.1 Å². The van der Waals surface area contributed by atoms with Crippen molar-refractivity contribution in [3.63, 3.8) is 0 Å². The molecule has 0 spiro atoms. The Balaban J connectivity index is 1.73. The molecule has 2 heterocycles. The average Bonchev–Trinajstić information content (AvgIpc) is 3.06. The Bertz CT molecular complexity index is 1350. The first-order valence-corrected chi connectivity index (χ1v) is 9.15. The summed E-state index contributed by atoms with van der Waals surface area (Å²) in [6.07, 6.45) is 2.96. The van der Waals surface area contributed by atoms with Crippen molar-refractivity contribution in [2.24, 2.45) is 0 Å². The number of nitrogens with zero attached hydrogens (tertiary/aromatic N) is 5. The van der Waals surface area contributed by atoms with Crippen molar-refractivity contribution in [2.45, 2.75) is 13.5 Å². The maximum Gasteiger partial charge on any atom is 0.350 e. The maximum absolute atomic E-state index is 12.9. The summed E-state index contributed by atoms with van der Waals surface area (Å²) in [5.74, 6) is 0.688. The second-order valence-corrected chi connectivity index (χ2v) is 6.46. The van der Waals surface area contributed by atoms with Crippen LogP contribution in [0.4, 0.5) is 5.69 Å². The van der Waals surface area contributed by atoms with Crippen molar-refractivity contribution in [3.8, 4) is 11.4 Å². The molecule has 0 aliphatic rings. The van der Waals surface area contributed by atoms with Gasteiger partial charge in [-0.05, 0) is 36.8 Å². The van der Waals surface area contributed by atoms with Crippen LogP contribution >= 0.6 is 0 Å². The van der Waals surface area contributed by atoms with E-state index in [-0.39, 0.29) is 17.9 Å². The molecular formula is C20H17N5O5.